The van der Waals surface area contributed by atoms with Crippen LogP contribution in [0.25, 0.3) is 0 Å². The summed E-state index contributed by atoms with van der Waals surface area (Å²) in [5.74, 6) is -2.63. The van der Waals surface area contributed by atoms with E-state index in [2.05, 4.69) is 0 Å². The van der Waals surface area contributed by atoms with Gasteiger partial charge in [-0.05, 0) is 35.7 Å². The van der Waals surface area contributed by atoms with Gasteiger partial charge in [-0.3, -0.25) is 10.0 Å². The summed E-state index contributed by atoms with van der Waals surface area (Å²) in [7, 11) is 1.39. The zero-order chi connectivity index (χ0) is 18.4. The Bertz CT molecular complexity index is 731. The van der Waals surface area contributed by atoms with Gasteiger partial charge in [-0.2, -0.15) is 0 Å². The van der Waals surface area contributed by atoms with Gasteiger partial charge in [0.1, 0.15) is 11.6 Å². The van der Waals surface area contributed by atoms with Crippen molar-refractivity contribution in [2.24, 2.45) is 0 Å². The number of methoxy groups -OCH3 is 1. The Hall–Kier alpha value is -0.384. The molecule has 2 atom stereocenters. The van der Waals surface area contributed by atoms with E-state index in [0.29, 0.717) is 11.4 Å². The molecule has 0 saturated carbocycles. The summed E-state index contributed by atoms with van der Waals surface area (Å²) in [6.45, 7) is 0. The van der Waals surface area contributed by atoms with Gasteiger partial charge >= 0.3 is 0 Å². The van der Waals surface area contributed by atoms with Crippen molar-refractivity contribution in [2.75, 3.05) is 7.11 Å². The molecule has 1 amide bonds. The maximum absolute atomic E-state index is 14.3. The number of halogens is 3. The summed E-state index contributed by atoms with van der Waals surface area (Å²) in [5.41, 5.74) is 2.62. The first-order valence-electron chi connectivity index (χ1n) is 7.59. The Morgan fingerprint density at radius 1 is 1.23 bits per heavy atom. The van der Waals surface area contributed by atoms with Crippen LogP contribution in [-0.4, -0.2) is 75.7 Å². The molecule has 0 heterocycles. The molecule has 0 fully saturated rings. The Balaban J connectivity index is 0.00000338. The van der Waals surface area contributed by atoms with Gasteiger partial charge in [0.25, 0.3) is 0 Å². The number of carbonyl (C=O) groups excluding carboxylic acids is 1. The normalized spacial score (nSPS) is 12.8. The third-order valence-corrected chi connectivity index (χ3v) is 4.25. The third-order valence-electron chi connectivity index (χ3n) is 3.99. The Morgan fingerprint density at radius 2 is 1.88 bits per heavy atom. The Labute approximate surface area is 198 Å². The number of hydroxylamine groups is 1. The maximum atomic E-state index is 14.3. The molecule has 26 heavy (non-hydrogen) atoms. The molecule has 0 unspecified atom stereocenters. The van der Waals surface area contributed by atoms with E-state index >= 15 is 0 Å². The molecule has 2 aromatic carbocycles. The monoisotopic (exact) mass is 408 g/mol. The van der Waals surface area contributed by atoms with E-state index in [1.165, 1.54) is 13.2 Å². The molecule has 0 saturated heterocycles. The fraction of sp³-hybridized carbons (Fsp3) is 0.278. The first kappa shape index (κ1) is 23.7. The number of nitrogens with one attached hydrogen (secondary N) is 1. The van der Waals surface area contributed by atoms with Crippen LogP contribution in [0.3, 0.4) is 0 Å². The van der Waals surface area contributed by atoms with Gasteiger partial charge in [0.05, 0.1) is 12.5 Å². The van der Waals surface area contributed by atoms with Gasteiger partial charge in [0.2, 0.25) is 5.91 Å². The first-order chi connectivity index (χ1) is 11.9. The summed E-state index contributed by atoms with van der Waals surface area (Å²) in [4.78, 5) is 11.5. The summed E-state index contributed by atoms with van der Waals surface area (Å²) < 4.78 is 32.9. The average Bonchev–Trinajstić information content (AvgIpc) is 2.60. The van der Waals surface area contributed by atoms with Crippen LogP contribution < -0.4 is 5.48 Å². The van der Waals surface area contributed by atoms with Crippen molar-refractivity contribution < 1.29 is 23.5 Å². The van der Waals surface area contributed by atoms with E-state index in [1.54, 1.807) is 29.7 Å². The second-order valence-electron chi connectivity index (χ2n) is 5.62. The second kappa shape index (κ2) is 11.5. The van der Waals surface area contributed by atoms with Gasteiger partial charge in [0, 0.05) is 75.5 Å². The molecule has 4 nitrogen and oxygen atoms in total. The zero-order valence-electron chi connectivity index (χ0n) is 14.5. The van der Waals surface area contributed by atoms with Crippen LogP contribution in [0.5, 0.6) is 0 Å². The van der Waals surface area contributed by atoms with Crippen molar-refractivity contribution in [2.45, 2.75) is 24.9 Å². The standard InChI is InChI=1S/C18H18ClF2NO3.K/c1-25-17(10-18(23)22-24)15(8-11-2-4-12(19)5-3-11)14-7-6-13(20)9-16(14)21;/h2-7,9,15,17,24H,8,10H2,1H3,(H,22,23);/t15-,17-;/m1./s1. The van der Waals surface area contributed by atoms with Crippen LogP contribution in [0.1, 0.15) is 23.5 Å². The Morgan fingerprint density at radius 3 is 2.42 bits per heavy atom. The summed E-state index contributed by atoms with van der Waals surface area (Å²) in [6, 6.07) is 10.3. The smallest absolute Gasteiger partial charge is 0.245 e. The van der Waals surface area contributed by atoms with Gasteiger partial charge in [-0.1, -0.05) is 29.8 Å². The minimum absolute atomic E-state index is 0. The average molecular weight is 409 g/mol. The van der Waals surface area contributed by atoms with Gasteiger partial charge in [0.15, 0.2) is 0 Å². The molecule has 0 aliphatic heterocycles. The van der Waals surface area contributed by atoms with E-state index < -0.39 is 29.6 Å². The van der Waals surface area contributed by atoms with Crippen LogP contribution >= 0.6 is 11.6 Å². The van der Waals surface area contributed by atoms with E-state index in [0.717, 1.165) is 17.7 Å². The largest absolute Gasteiger partial charge is 0.380 e. The number of amides is 1. The van der Waals surface area contributed by atoms with Crippen molar-refractivity contribution in [3.05, 3.63) is 70.2 Å². The number of benzene rings is 2. The third kappa shape index (κ3) is 6.65. The van der Waals surface area contributed by atoms with Crippen LogP contribution in [0.2, 0.25) is 5.02 Å². The van der Waals surface area contributed by atoms with Crippen molar-refractivity contribution in [3.63, 3.8) is 0 Å². The predicted octanol–water partition coefficient (Wildman–Crippen LogP) is 3.47. The van der Waals surface area contributed by atoms with Crippen molar-refractivity contribution in [1.82, 2.24) is 5.48 Å². The molecule has 2 aromatic rings. The van der Waals surface area contributed by atoms with Gasteiger partial charge in [-0.25, -0.2) is 14.3 Å². The first-order valence-corrected chi connectivity index (χ1v) is 7.97. The van der Waals surface area contributed by atoms with E-state index in [-0.39, 0.29) is 63.4 Å². The molecule has 0 spiro atoms. The molecule has 8 heteroatoms. The van der Waals surface area contributed by atoms with Crippen LogP contribution in [0, 0.1) is 11.6 Å². The van der Waals surface area contributed by atoms with Crippen molar-refractivity contribution in [3.8, 4) is 0 Å². The maximum Gasteiger partial charge on any atom is 0.245 e. The molecule has 0 aromatic heterocycles. The number of hydrogen-bond acceptors (Lipinski definition) is 3. The van der Waals surface area contributed by atoms with Crippen LogP contribution in [-0.2, 0) is 16.0 Å². The van der Waals surface area contributed by atoms with Crippen molar-refractivity contribution >= 4 is 68.9 Å². The number of hydrogen-bond donors (Lipinski definition) is 2. The number of ether oxygens (including phenoxy) is 1. The minimum Gasteiger partial charge on any atom is -0.380 e. The molecule has 2 N–H and O–H groups in total. The summed E-state index contributed by atoms with van der Waals surface area (Å²) >= 11 is 5.88. The fourth-order valence-electron chi connectivity index (χ4n) is 2.74. The zero-order valence-corrected chi connectivity index (χ0v) is 18.4. The summed E-state index contributed by atoms with van der Waals surface area (Å²) in [5, 5.41) is 9.32. The molecular weight excluding hydrogens is 391 g/mol. The van der Waals surface area contributed by atoms with Gasteiger partial charge in [-0.15, -0.1) is 0 Å². The topological polar surface area (TPSA) is 58.6 Å². The quantitative estimate of drug-likeness (QED) is 0.419. The van der Waals surface area contributed by atoms with Crippen molar-refractivity contribution in [1.29, 1.82) is 0 Å². The molecular formula is C18H18ClF2KNO3. The fourth-order valence-corrected chi connectivity index (χ4v) is 2.86. The molecule has 0 aliphatic rings. The molecule has 135 valence electrons. The number of rotatable bonds is 7. The van der Waals surface area contributed by atoms with E-state index in [4.69, 9.17) is 21.5 Å². The van der Waals surface area contributed by atoms with Gasteiger partial charge < -0.3 is 4.74 Å². The van der Waals surface area contributed by atoms with Crippen LogP contribution in [0.4, 0.5) is 8.78 Å². The molecule has 0 bridgehead atoms. The minimum atomic E-state index is -0.720. The molecule has 2 rings (SSSR count). The Kier molecular flexibility index (Phi) is 10.4. The van der Waals surface area contributed by atoms with E-state index in [1.807, 2.05) is 0 Å². The molecule has 0 aliphatic carbocycles. The SMILES string of the molecule is CO[C@H](CC(=O)NO)[C@H](Cc1ccc(Cl)cc1)c1ccc(F)cc1F.[K]. The second-order valence-corrected chi connectivity index (χ2v) is 6.05. The number of carbonyl (C=O) groups is 1. The van der Waals surface area contributed by atoms with E-state index in [9.17, 15) is 13.6 Å². The summed E-state index contributed by atoms with van der Waals surface area (Å²) in [6.07, 6.45) is -0.554. The predicted molar refractivity (Wildman–Crippen MR) is 95.4 cm³/mol. The molecule has 1 radical (unpaired) electrons. The van der Waals surface area contributed by atoms with Crippen LogP contribution in [0.15, 0.2) is 42.5 Å².